The topological polar surface area (TPSA) is 94.8 Å². The van der Waals surface area contributed by atoms with Crippen molar-refractivity contribution in [3.8, 4) is 5.75 Å². The van der Waals surface area contributed by atoms with Gasteiger partial charge in [-0.25, -0.2) is 0 Å². The standard InChI is InChI=1S/C18H20N6O2S2/c1-4-8-24-15(10-26-14-7-5-6-12(2)9-14)21-23-18(24)27-11-16(25)19-17-22-20-13(3)28-17/h4-7,9H,1,8,10-11H2,2-3H3,(H,19,22,25). The summed E-state index contributed by atoms with van der Waals surface area (Å²) in [5, 5.41) is 20.8. The highest BCUT2D eigenvalue weighted by molar-refractivity contribution is 7.99. The maximum atomic E-state index is 12.1. The highest BCUT2D eigenvalue weighted by Gasteiger charge is 2.15. The lowest BCUT2D eigenvalue weighted by Crippen LogP contribution is -2.15. The van der Waals surface area contributed by atoms with Gasteiger partial charge in [-0.05, 0) is 31.5 Å². The molecule has 0 bridgehead atoms. The lowest BCUT2D eigenvalue weighted by atomic mass is 10.2. The Morgan fingerprint density at radius 1 is 1.32 bits per heavy atom. The number of benzene rings is 1. The first-order chi connectivity index (χ1) is 13.5. The van der Waals surface area contributed by atoms with Gasteiger partial charge in [0.05, 0.1) is 5.75 Å². The number of thioether (sulfide) groups is 1. The summed E-state index contributed by atoms with van der Waals surface area (Å²) in [5.41, 5.74) is 1.12. The fourth-order valence-electron chi connectivity index (χ4n) is 2.33. The van der Waals surface area contributed by atoms with Gasteiger partial charge in [-0.2, -0.15) is 0 Å². The summed E-state index contributed by atoms with van der Waals surface area (Å²) in [5.74, 6) is 1.46. The largest absolute Gasteiger partial charge is 0.486 e. The third-order valence-corrected chi connectivity index (χ3v) is 5.29. The molecule has 2 aromatic heterocycles. The van der Waals surface area contributed by atoms with Crippen molar-refractivity contribution < 1.29 is 9.53 Å². The Morgan fingerprint density at radius 3 is 2.89 bits per heavy atom. The average molecular weight is 417 g/mol. The predicted molar refractivity (Wildman–Crippen MR) is 110 cm³/mol. The van der Waals surface area contributed by atoms with E-state index in [1.54, 1.807) is 6.08 Å². The van der Waals surface area contributed by atoms with Crippen LogP contribution in [0.4, 0.5) is 5.13 Å². The van der Waals surface area contributed by atoms with Crippen LogP contribution in [0.5, 0.6) is 5.75 Å². The minimum atomic E-state index is -0.174. The quantitative estimate of drug-likeness (QED) is 0.423. The van der Waals surface area contributed by atoms with Gasteiger partial charge in [0.1, 0.15) is 17.4 Å². The van der Waals surface area contributed by atoms with E-state index in [2.05, 4.69) is 32.3 Å². The summed E-state index contributed by atoms with van der Waals surface area (Å²) in [6.07, 6.45) is 1.76. The molecule has 0 saturated heterocycles. The van der Waals surface area contributed by atoms with Gasteiger partial charge in [0.2, 0.25) is 11.0 Å². The highest BCUT2D eigenvalue weighted by Crippen LogP contribution is 2.20. The van der Waals surface area contributed by atoms with E-state index in [4.69, 9.17) is 4.74 Å². The molecular weight excluding hydrogens is 396 g/mol. The number of anilines is 1. The number of hydrogen-bond acceptors (Lipinski definition) is 8. The van der Waals surface area contributed by atoms with E-state index < -0.39 is 0 Å². The molecule has 0 aliphatic heterocycles. The Labute approximate surface area is 171 Å². The van der Waals surface area contributed by atoms with E-state index >= 15 is 0 Å². The molecule has 146 valence electrons. The third kappa shape index (κ3) is 5.40. The van der Waals surface area contributed by atoms with Gasteiger partial charge >= 0.3 is 0 Å². The molecule has 0 spiro atoms. The number of rotatable bonds is 9. The number of allylic oxidation sites excluding steroid dienone is 1. The van der Waals surface area contributed by atoms with Crippen molar-refractivity contribution in [2.75, 3.05) is 11.1 Å². The van der Waals surface area contributed by atoms with Crippen LogP contribution in [0.1, 0.15) is 16.4 Å². The second-order valence-electron chi connectivity index (χ2n) is 5.87. The average Bonchev–Trinajstić information content (AvgIpc) is 3.24. The van der Waals surface area contributed by atoms with Crippen molar-refractivity contribution >= 4 is 34.1 Å². The third-order valence-electron chi connectivity index (χ3n) is 3.57. The van der Waals surface area contributed by atoms with E-state index in [0.717, 1.165) is 16.3 Å². The van der Waals surface area contributed by atoms with Crippen LogP contribution in [0.3, 0.4) is 0 Å². The van der Waals surface area contributed by atoms with E-state index in [1.165, 1.54) is 23.1 Å². The van der Waals surface area contributed by atoms with Gasteiger partial charge < -0.3 is 4.74 Å². The summed E-state index contributed by atoms with van der Waals surface area (Å²) >= 11 is 2.63. The van der Waals surface area contributed by atoms with Gasteiger partial charge in [0.25, 0.3) is 0 Å². The van der Waals surface area contributed by atoms with Crippen molar-refractivity contribution in [3.63, 3.8) is 0 Å². The maximum Gasteiger partial charge on any atom is 0.236 e. The van der Waals surface area contributed by atoms with Crippen LogP contribution in [0.2, 0.25) is 0 Å². The smallest absolute Gasteiger partial charge is 0.236 e. The summed E-state index contributed by atoms with van der Waals surface area (Å²) in [6.45, 7) is 8.43. The number of aromatic nitrogens is 5. The second-order valence-corrected chi connectivity index (χ2v) is 7.99. The SMILES string of the molecule is C=CCn1c(COc2cccc(C)c2)nnc1SCC(=O)Nc1nnc(C)s1. The van der Waals surface area contributed by atoms with Gasteiger partial charge in [0.15, 0.2) is 11.0 Å². The van der Waals surface area contributed by atoms with E-state index in [9.17, 15) is 4.79 Å². The zero-order chi connectivity index (χ0) is 19.9. The molecule has 28 heavy (non-hydrogen) atoms. The first-order valence-corrected chi connectivity index (χ1v) is 10.3. The number of carbonyl (C=O) groups is 1. The Balaban J connectivity index is 1.61. The number of hydrogen-bond donors (Lipinski definition) is 1. The zero-order valence-electron chi connectivity index (χ0n) is 15.6. The van der Waals surface area contributed by atoms with Gasteiger partial charge in [-0.15, -0.1) is 27.0 Å². The minimum absolute atomic E-state index is 0.174. The summed E-state index contributed by atoms with van der Waals surface area (Å²) in [4.78, 5) is 12.1. The summed E-state index contributed by atoms with van der Waals surface area (Å²) < 4.78 is 7.70. The molecule has 10 heteroatoms. The number of nitrogens with zero attached hydrogens (tertiary/aromatic N) is 5. The molecule has 0 fully saturated rings. The van der Waals surface area contributed by atoms with Crippen molar-refractivity contribution in [2.45, 2.75) is 32.2 Å². The monoisotopic (exact) mass is 416 g/mol. The molecular formula is C18H20N6O2S2. The number of ether oxygens (including phenoxy) is 1. The van der Waals surface area contributed by atoms with E-state index in [-0.39, 0.29) is 18.3 Å². The first kappa shape index (κ1) is 20.0. The zero-order valence-corrected chi connectivity index (χ0v) is 17.2. The first-order valence-electron chi connectivity index (χ1n) is 8.50. The Hall–Kier alpha value is -2.72. The molecule has 0 aliphatic rings. The van der Waals surface area contributed by atoms with Crippen molar-refractivity contribution in [1.82, 2.24) is 25.0 Å². The fourth-order valence-corrected chi connectivity index (χ4v) is 3.71. The number of aryl methyl sites for hydroxylation is 2. The molecule has 1 N–H and O–H groups in total. The minimum Gasteiger partial charge on any atom is -0.486 e. The Morgan fingerprint density at radius 2 is 2.18 bits per heavy atom. The van der Waals surface area contributed by atoms with E-state index in [1.807, 2.05) is 42.7 Å². The molecule has 8 nitrogen and oxygen atoms in total. The van der Waals surface area contributed by atoms with Crippen LogP contribution in [0.15, 0.2) is 42.1 Å². The van der Waals surface area contributed by atoms with Crippen LogP contribution in [-0.2, 0) is 17.9 Å². The van der Waals surface area contributed by atoms with Crippen LogP contribution >= 0.6 is 23.1 Å². The highest BCUT2D eigenvalue weighted by atomic mass is 32.2. The van der Waals surface area contributed by atoms with Gasteiger partial charge in [0, 0.05) is 6.54 Å². The molecule has 1 amide bonds. The lowest BCUT2D eigenvalue weighted by Gasteiger charge is -2.09. The predicted octanol–water partition coefficient (Wildman–Crippen LogP) is 3.24. The van der Waals surface area contributed by atoms with Crippen molar-refractivity contribution in [1.29, 1.82) is 0 Å². The number of amides is 1. The Kier molecular flexibility index (Phi) is 6.77. The Bertz CT molecular complexity index is 969. The molecule has 0 saturated carbocycles. The number of nitrogens with one attached hydrogen (secondary N) is 1. The molecule has 3 aromatic rings. The van der Waals surface area contributed by atoms with Crippen molar-refractivity contribution in [3.05, 3.63) is 53.3 Å². The molecule has 1 aromatic carbocycles. The normalized spacial score (nSPS) is 10.6. The number of carbonyl (C=O) groups excluding carboxylic acids is 1. The fraction of sp³-hybridized carbons (Fsp3) is 0.278. The molecule has 2 heterocycles. The van der Waals surface area contributed by atoms with Crippen LogP contribution < -0.4 is 10.1 Å². The van der Waals surface area contributed by atoms with Crippen LogP contribution in [0.25, 0.3) is 0 Å². The molecule has 0 radical (unpaired) electrons. The van der Waals surface area contributed by atoms with Gasteiger partial charge in [-0.1, -0.05) is 41.3 Å². The molecule has 0 aliphatic carbocycles. The molecule has 0 atom stereocenters. The molecule has 3 rings (SSSR count). The lowest BCUT2D eigenvalue weighted by molar-refractivity contribution is -0.113. The van der Waals surface area contributed by atoms with Gasteiger partial charge in [-0.3, -0.25) is 14.7 Å². The van der Waals surface area contributed by atoms with Crippen molar-refractivity contribution in [2.24, 2.45) is 0 Å². The summed E-state index contributed by atoms with van der Waals surface area (Å²) in [7, 11) is 0. The molecule has 0 unspecified atom stereocenters. The van der Waals surface area contributed by atoms with Crippen LogP contribution in [-0.4, -0.2) is 36.6 Å². The second kappa shape index (κ2) is 9.47. The van der Waals surface area contributed by atoms with Crippen LogP contribution in [0, 0.1) is 13.8 Å². The van der Waals surface area contributed by atoms with E-state index in [0.29, 0.717) is 22.7 Å². The summed E-state index contributed by atoms with van der Waals surface area (Å²) in [6, 6.07) is 7.81. The maximum absolute atomic E-state index is 12.1.